The fourth-order valence-corrected chi connectivity index (χ4v) is 4.54. The third-order valence-corrected chi connectivity index (χ3v) is 6.32. The summed E-state index contributed by atoms with van der Waals surface area (Å²) in [5, 5.41) is 11.3. The molecule has 0 amide bonds. The second-order valence-corrected chi connectivity index (χ2v) is 8.46. The van der Waals surface area contributed by atoms with Gasteiger partial charge in [-0.2, -0.15) is 4.72 Å². The third-order valence-electron chi connectivity index (χ3n) is 4.85. The Morgan fingerprint density at radius 1 is 1.21 bits per heavy atom. The van der Waals surface area contributed by atoms with E-state index in [-0.39, 0.29) is 10.6 Å². The minimum Gasteiger partial charge on any atom is -0.490 e. The molecule has 2 N–H and O–H groups in total. The number of nitro benzene ring substituents is 1. The van der Waals surface area contributed by atoms with Gasteiger partial charge in [-0.15, -0.1) is 0 Å². The van der Waals surface area contributed by atoms with E-state index in [9.17, 15) is 18.5 Å². The monoisotopic (exact) mass is 422 g/mol. The number of ether oxygens (including phenoxy) is 2. The summed E-state index contributed by atoms with van der Waals surface area (Å²) in [6, 6.07) is 12.4. The van der Waals surface area contributed by atoms with E-state index in [0.717, 1.165) is 24.7 Å². The van der Waals surface area contributed by atoms with Crippen molar-refractivity contribution in [1.29, 1.82) is 0 Å². The summed E-state index contributed by atoms with van der Waals surface area (Å²) in [6.07, 6.45) is 0. The van der Waals surface area contributed by atoms with Crippen LogP contribution in [0.2, 0.25) is 0 Å². The van der Waals surface area contributed by atoms with Gasteiger partial charge in [-0.3, -0.25) is 10.1 Å². The normalized spacial score (nSPS) is 16.3. The van der Waals surface area contributed by atoms with Crippen LogP contribution in [-0.2, 0) is 14.8 Å². The molecule has 1 aliphatic heterocycles. The summed E-state index contributed by atoms with van der Waals surface area (Å²) in [4.78, 5) is 11.7. The van der Waals surface area contributed by atoms with Crippen molar-refractivity contribution in [3.05, 3.63) is 64.2 Å². The number of nitrogens with zero attached hydrogens (tertiary/aromatic N) is 1. The number of sulfonamides is 1. The molecule has 0 bridgehead atoms. The minimum absolute atomic E-state index is 0.00585. The first-order valence-corrected chi connectivity index (χ1v) is 10.7. The van der Waals surface area contributed by atoms with E-state index in [4.69, 9.17) is 9.47 Å². The van der Waals surface area contributed by atoms with Crippen LogP contribution in [0.1, 0.15) is 11.6 Å². The standard InChI is InChI=1S/C19H23N3O6S/c1-27-19-8-7-16(13-18(19)22(23)24)29(25,26)20-17(15-5-3-2-4-6-15)14-21-9-11-28-12-10-21/h2-8,13,17,20H,9-12,14H2,1H3/p+1/t17-/m0/s1. The zero-order valence-corrected chi connectivity index (χ0v) is 16.9. The number of hydrogen-bond donors (Lipinski definition) is 2. The third kappa shape index (κ3) is 5.30. The fourth-order valence-electron chi connectivity index (χ4n) is 3.30. The highest BCUT2D eigenvalue weighted by Crippen LogP contribution is 2.29. The SMILES string of the molecule is COc1ccc(S(=O)(=O)N[C@@H](C[NH+]2CCOCC2)c2ccccc2)cc1[N+](=O)[O-]. The molecule has 1 aliphatic rings. The molecule has 1 fully saturated rings. The van der Waals surface area contributed by atoms with Crippen LogP contribution < -0.4 is 14.4 Å². The van der Waals surface area contributed by atoms with E-state index >= 15 is 0 Å². The molecular weight excluding hydrogens is 398 g/mol. The van der Waals surface area contributed by atoms with Crippen molar-refractivity contribution in [1.82, 2.24) is 4.72 Å². The second kappa shape index (κ2) is 9.31. The molecule has 0 aromatic heterocycles. The predicted molar refractivity (Wildman–Crippen MR) is 106 cm³/mol. The average molecular weight is 422 g/mol. The molecule has 2 aromatic rings. The van der Waals surface area contributed by atoms with Gasteiger partial charge < -0.3 is 14.4 Å². The van der Waals surface area contributed by atoms with Crippen LogP contribution in [0.4, 0.5) is 5.69 Å². The first-order valence-electron chi connectivity index (χ1n) is 9.22. The summed E-state index contributed by atoms with van der Waals surface area (Å²) in [6.45, 7) is 3.39. The van der Waals surface area contributed by atoms with E-state index < -0.39 is 26.7 Å². The van der Waals surface area contributed by atoms with E-state index in [2.05, 4.69) is 4.72 Å². The van der Waals surface area contributed by atoms with Crippen LogP contribution in [-0.4, -0.2) is 53.3 Å². The highest BCUT2D eigenvalue weighted by atomic mass is 32.2. The summed E-state index contributed by atoms with van der Waals surface area (Å²) in [5.41, 5.74) is 0.434. The van der Waals surface area contributed by atoms with Gasteiger partial charge in [-0.1, -0.05) is 30.3 Å². The molecule has 0 aliphatic carbocycles. The van der Waals surface area contributed by atoms with Gasteiger partial charge in [-0.05, 0) is 17.7 Å². The molecule has 29 heavy (non-hydrogen) atoms. The van der Waals surface area contributed by atoms with Crippen molar-refractivity contribution >= 4 is 15.7 Å². The fraction of sp³-hybridized carbons (Fsp3) is 0.368. The van der Waals surface area contributed by atoms with Gasteiger partial charge in [0.05, 0.1) is 42.7 Å². The molecule has 9 nitrogen and oxygen atoms in total. The molecule has 0 radical (unpaired) electrons. The number of benzene rings is 2. The number of morpholine rings is 1. The maximum atomic E-state index is 13.0. The minimum atomic E-state index is -3.99. The quantitative estimate of drug-likeness (QED) is 0.474. The van der Waals surface area contributed by atoms with Crippen molar-refractivity contribution in [2.24, 2.45) is 0 Å². The molecule has 3 rings (SSSR count). The second-order valence-electron chi connectivity index (χ2n) is 6.74. The Bertz CT molecular complexity index is 946. The molecular formula is C19H24N3O6S+. The predicted octanol–water partition coefficient (Wildman–Crippen LogP) is 0.538. The van der Waals surface area contributed by atoms with E-state index in [1.807, 2.05) is 30.3 Å². The smallest absolute Gasteiger partial charge is 0.312 e. The molecule has 10 heteroatoms. The first kappa shape index (κ1) is 21.2. The Hall–Kier alpha value is -2.53. The van der Waals surface area contributed by atoms with Gasteiger partial charge in [0.1, 0.15) is 13.1 Å². The van der Waals surface area contributed by atoms with Crippen LogP contribution in [0.15, 0.2) is 53.4 Å². The number of quaternary nitrogens is 1. The number of nitro groups is 1. The van der Waals surface area contributed by atoms with E-state index in [1.165, 1.54) is 24.1 Å². The average Bonchev–Trinajstić information content (AvgIpc) is 2.74. The van der Waals surface area contributed by atoms with Gasteiger partial charge in [0, 0.05) is 6.07 Å². The van der Waals surface area contributed by atoms with Crippen LogP contribution in [0, 0.1) is 10.1 Å². The molecule has 1 heterocycles. The highest BCUT2D eigenvalue weighted by Gasteiger charge is 2.28. The van der Waals surface area contributed by atoms with Crippen LogP contribution in [0.5, 0.6) is 5.75 Å². The maximum Gasteiger partial charge on any atom is 0.312 e. The van der Waals surface area contributed by atoms with Gasteiger partial charge >= 0.3 is 5.69 Å². The van der Waals surface area contributed by atoms with Crippen molar-refractivity contribution < 1.29 is 27.7 Å². The van der Waals surface area contributed by atoms with Gasteiger partial charge in [-0.25, -0.2) is 8.42 Å². The van der Waals surface area contributed by atoms with Crippen molar-refractivity contribution in [2.45, 2.75) is 10.9 Å². The van der Waals surface area contributed by atoms with Gasteiger partial charge in [0.2, 0.25) is 10.0 Å². The van der Waals surface area contributed by atoms with Crippen LogP contribution in [0.3, 0.4) is 0 Å². The lowest BCUT2D eigenvalue weighted by Gasteiger charge is -2.28. The van der Waals surface area contributed by atoms with Gasteiger partial charge in [0.25, 0.3) is 0 Å². The lowest BCUT2D eigenvalue weighted by atomic mass is 10.1. The molecule has 0 spiro atoms. The number of rotatable bonds is 8. The summed E-state index contributed by atoms with van der Waals surface area (Å²) < 4.78 is 39.1. The van der Waals surface area contributed by atoms with Crippen molar-refractivity contribution in [3.63, 3.8) is 0 Å². The Morgan fingerprint density at radius 3 is 2.52 bits per heavy atom. The molecule has 156 valence electrons. The maximum absolute atomic E-state index is 13.0. The molecule has 1 saturated heterocycles. The van der Waals surface area contributed by atoms with Crippen molar-refractivity contribution in [2.75, 3.05) is 40.0 Å². The zero-order chi connectivity index (χ0) is 20.9. The zero-order valence-electron chi connectivity index (χ0n) is 16.0. The van der Waals surface area contributed by atoms with Crippen LogP contribution >= 0.6 is 0 Å². The highest BCUT2D eigenvalue weighted by molar-refractivity contribution is 7.89. The Kier molecular flexibility index (Phi) is 6.80. The van der Waals surface area contributed by atoms with Crippen LogP contribution in [0.25, 0.3) is 0 Å². The van der Waals surface area contributed by atoms with Gasteiger partial charge in [0.15, 0.2) is 5.75 Å². The largest absolute Gasteiger partial charge is 0.490 e. The Morgan fingerprint density at radius 2 is 1.90 bits per heavy atom. The number of hydrogen-bond acceptors (Lipinski definition) is 6. The molecule has 1 atom stereocenters. The summed E-state index contributed by atoms with van der Waals surface area (Å²) in [5.74, 6) is 0.00585. The number of nitrogens with one attached hydrogen (secondary N) is 2. The topological polar surface area (TPSA) is 112 Å². The Labute approximate surface area is 169 Å². The lowest BCUT2D eigenvalue weighted by molar-refractivity contribution is -0.909. The first-order chi connectivity index (χ1) is 13.9. The summed E-state index contributed by atoms with van der Waals surface area (Å²) >= 11 is 0. The number of methoxy groups -OCH3 is 1. The lowest BCUT2D eigenvalue weighted by Crippen LogP contribution is -3.14. The molecule has 0 saturated carbocycles. The van der Waals surface area contributed by atoms with E-state index in [0.29, 0.717) is 19.8 Å². The molecule has 0 unspecified atom stereocenters. The van der Waals surface area contributed by atoms with E-state index in [1.54, 1.807) is 0 Å². The Balaban J connectivity index is 1.89. The molecule has 2 aromatic carbocycles. The van der Waals surface area contributed by atoms with Crippen molar-refractivity contribution in [3.8, 4) is 5.75 Å². The summed E-state index contributed by atoms with van der Waals surface area (Å²) in [7, 11) is -2.70.